The minimum Gasteiger partial charge on any atom is -0.489 e. The van der Waals surface area contributed by atoms with Crippen LogP contribution in [0.5, 0.6) is 17.4 Å². The van der Waals surface area contributed by atoms with E-state index in [0.717, 1.165) is 43.8 Å². The van der Waals surface area contributed by atoms with Gasteiger partial charge in [0.05, 0.1) is 13.2 Å². The first-order valence-corrected chi connectivity index (χ1v) is 11.3. The maximum Gasteiger partial charge on any atom is 0.236 e. The summed E-state index contributed by atoms with van der Waals surface area (Å²) < 4.78 is 12.4. The number of hydrogen-bond donors (Lipinski definition) is 0. The summed E-state index contributed by atoms with van der Waals surface area (Å²) in [5.74, 6) is 2.09. The molecule has 1 aromatic heterocycles. The summed E-state index contributed by atoms with van der Waals surface area (Å²) >= 11 is 0. The van der Waals surface area contributed by atoms with Gasteiger partial charge in [0.1, 0.15) is 0 Å². The van der Waals surface area contributed by atoms with E-state index in [-0.39, 0.29) is 11.3 Å². The third-order valence-corrected chi connectivity index (χ3v) is 5.72. The highest BCUT2D eigenvalue weighted by Gasteiger charge is 2.23. The molecule has 0 unspecified atom stereocenters. The number of benzene rings is 1. The van der Waals surface area contributed by atoms with Crippen LogP contribution < -0.4 is 9.47 Å². The van der Waals surface area contributed by atoms with Crippen molar-refractivity contribution in [1.82, 2.24) is 14.8 Å². The minimum absolute atomic E-state index is 0.0147. The van der Waals surface area contributed by atoms with Crippen LogP contribution >= 0.6 is 0 Å². The molecule has 2 aromatic rings. The van der Waals surface area contributed by atoms with Gasteiger partial charge in [0.25, 0.3) is 0 Å². The van der Waals surface area contributed by atoms with E-state index in [9.17, 15) is 4.79 Å². The molecule has 168 valence electrons. The molecule has 6 heteroatoms. The Morgan fingerprint density at radius 2 is 1.87 bits per heavy atom. The van der Waals surface area contributed by atoms with Gasteiger partial charge in [-0.1, -0.05) is 32.0 Å². The lowest BCUT2D eigenvalue weighted by atomic mass is 9.88. The van der Waals surface area contributed by atoms with E-state index >= 15 is 0 Å². The highest BCUT2D eigenvalue weighted by Crippen LogP contribution is 2.34. The molecular formula is C25H35N3O3. The molecular weight excluding hydrogens is 390 g/mol. The number of pyridine rings is 1. The van der Waals surface area contributed by atoms with Crippen LogP contribution in [0.3, 0.4) is 0 Å². The van der Waals surface area contributed by atoms with Crippen molar-refractivity contribution in [2.24, 2.45) is 5.41 Å². The van der Waals surface area contributed by atoms with Crippen molar-refractivity contribution >= 4 is 5.91 Å². The Labute approximate surface area is 186 Å². The van der Waals surface area contributed by atoms with E-state index in [1.165, 1.54) is 0 Å². The maximum atomic E-state index is 12.8. The van der Waals surface area contributed by atoms with Crippen molar-refractivity contribution in [2.75, 3.05) is 32.8 Å². The fraction of sp³-hybridized carbons (Fsp3) is 0.520. The van der Waals surface area contributed by atoms with Gasteiger partial charge in [-0.25, -0.2) is 4.98 Å². The van der Waals surface area contributed by atoms with Gasteiger partial charge in [-0.2, -0.15) is 0 Å². The zero-order valence-corrected chi connectivity index (χ0v) is 19.3. The maximum absolute atomic E-state index is 12.8. The number of carbonyl (C=O) groups excluding carboxylic acids is 1. The predicted molar refractivity (Wildman–Crippen MR) is 122 cm³/mol. The molecule has 0 saturated carbocycles. The van der Waals surface area contributed by atoms with Crippen LogP contribution in [0.15, 0.2) is 42.6 Å². The minimum atomic E-state index is 0.0147. The first-order chi connectivity index (χ1) is 14.9. The van der Waals surface area contributed by atoms with Crippen LogP contribution in [0.1, 0.15) is 46.1 Å². The van der Waals surface area contributed by atoms with E-state index in [1.54, 1.807) is 6.20 Å². The summed E-state index contributed by atoms with van der Waals surface area (Å²) in [4.78, 5) is 21.4. The Balaban J connectivity index is 1.90. The van der Waals surface area contributed by atoms with Crippen molar-refractivity contribution in [3.63, 3.8) is 0 Å². The largest absolute Gasteiger partial charge is 0.489 e. The average Bonchev–Trinajstić information content (AvgIpc) is 2.75. The summed E-state index contributed by atoms with van der Waals surface area (Å²) in [6, 6.07) is 11.7. The second-order valence-corrected chi connectivity index (χ2v) is 8.85. The van der Waals surface area contributed by atoms with E-state index < -0.39 is 0 Å². The second-order valence-electron chi connectivity index (χ2n) is 8.85. The zero-order valence-electron chi connectivity index (χ0n) is 19.3. The molecule has 0 N–H and O–H groups in total. The topological polar surface area (TPSA) is 54.9 Å². The van der Waals surface area contributed by atoms with Gasteiger partial charge in [-0.15, -0.1) is 0 Å². The molecule has 1 aliphatic rings. The fourth-order valence-corrected chi connectivity index (χ4v) is 3.84. The highest BCUT2D eigenvalue weighted by atomic mass is 16.5. The third-order valence-electron chi connectivity index (χ3n) is 5.72. The third kappa shape index (κ3) is 6.44. The van der Waals surface area contributed by atoms with Crippen molar-refractivity contribution in [3.05, 3.63) is 48.2 Å². The lowest BCUT2D eigenvalue weighted by molar-refractivity contribution is -0.132. The van der Waals surface area contributed by atoms with Gasteiger partial charge in [-0.05, 0) is 56.8 Å². The van der Waals surface area contributed by atoms with E-state index in [0.29, 0.717) is 31.3 Å². The molecule has 0 bridgehead atoms. The zero-order chi connectivity index (χ0) is 22.3. The van der Waals surface area contributed by atoms with Crippen molar-refractivity contribution in [2.45, 2.75) is 47.1 Å². The molecule has 1 amide bonds. The van der Waals surface area contributed by atoms with Crippen molar-refractivity contribution < 1.29 is 14.3 Å². The SMILES string of the molecule is CCN(CC)C(=O)CN1CCCC(C)(C)COc2ccccc2Oc2ncccc2C1. The lowest BCUT2D eigenvalue weighted by Crippen LogP contribution is -2.40. The van der Waals surface area contributed by atoms with Gasteiger partial charge in [0, 0.05) is 31.4 Å². The van der Waals surface area contributed by atoms with Crippen LogP contribution in [-0.2, 0) is 11.3 Å². The number of carbonyl (C=O) groups is 1. The van der Waals surface area contributed by atoms with Crippen LogP contribution in [0.2, 0.25) is 0 Å². The molecule has 0 radical (unpaired) electrons. The summed E-state index contributed by atoms with van der Waals surface area (Å²) in [7, 11) is 0. The molecule has 0 spiro atoms. The molecule has 2 heterocycles. The Morgan fingerprint density at radius 1 is 1.13 bits per heavy atom. The lowest BCUT2D eigenvalue weighted by Gasteiger charge is -2.28. The Hall–Kier alpha value is -2.60. The number of hydrogen-bond acceptors (Lipinski definition) is 5. The van der Waals surface area contributed by atoms with Gasteiger partial charge in [0.15, 0.2) is 11.5 Å². The number of likely N-dealkylation sites (N-methyl/N-ethyl adjacent to an activating group) is 1. The number of aromatic nitrogens is 1. The number of fused-ring (bicyclic) bond motifs is 2. The predicted octanol–water partition coefficient (Wildman–Crippen LogP) is 4.74. The molecule has 31 heavy (non-hydrogen) atoms. The number of nitrogens with zero attached hydrogens (tertiary/aromatic N) is 3. The number of amides is 1. The van der Waals surface area contributed by atoms with Crippen molar-refractivity contribution in [3.8, 4) is 17.4 Å². The molecule has 6 nitrogen and oxygen atoms in total. The normalized spacial score (nSPS) is 16.9. The van der Waals surface area contributed by atoms with Gasteiger partial charge in [0.2, 0.25) is 11.8 Å². The quantitative estimate of drug-likeness (QED) is 0.708. The molecule has 1 aromatic carbocycles. The molecule has 0 atom stereocenters. The monoisotopic (exact) mass is 425 g/mol. The number of ether oxygens (including phenoxy) is 2. The summed E-state index contributed by atoms with van der Waals surface area (Å²) in [5, 5.41) is 0. The summed E-state index contributed by atoms with van der Waals surface area (Å²) in [6.45, 7) is 12.4. The standard InChI is InChI=1S/C25H35N3O3/c1-5-28(6-2)23(29)18-27-16-10-14-25(3,4)19-30-21-12-7-8-13-22(21)31-24-20(17-27)11-9-15-26-24/h7-9,11-13,15H,5-6,10,14,16-19H2,1-4H3. The molecule has 1 aliphatic heterocycles. The number of rotatable bonds is 4. The molecule has 0 saturated heterocycles. The Bertz CT molecular complexity index is 865. The summed E-state index contributed by atoms with van der Waals surface area (Å²) in [6.07, 6.45) is 3.72. The van der Waals surface area contributed by atoms with Crippen molar-refractivity contribution in [1.29, 1.82) is 0 Å². The van der Waals surface area contributed by atoms with Crippen LogP contribution in [-0.4, -0.2) is 53.5 Å². The Morgan fingerprint density at radius 3 is 2.61 bits per heavy atom. The fourth-order valence-electron chi connectivity index (χ4n) is 3.84. The van der Waals surface area contributed by atoms with E-state index in [2.05, 4.69) is 23.7 Å². The molecule has 0 aliphatic carbocycles. The first kappa shape index (κ1) is 23.1. The molecule has 3 rings (SSSR count). The smallest absolute Gasteiger partial charge is 0.236 e. The van der Waals surface area contributed by atoms with Crippen LogP contribution in [0.25, 0.3) is 0 Å². The molecule has 0 fully saturated rings. The van der Waals surface area contributed by atoms with Gasteiger partial charge in [-0.3, -0.25) is 9.69 Å². The van der Waals surface area contributed by atoms with Crippen LogP contribution in [0, 0.1) is 5.41 Å². The van der Waals surface area contributed by atoms with E-state index in [4.69, 9.17) is 9.47 Å². The Kier molecular flexibility index (Phi) is 7.91. The highest BCUT2D eigenvalue weighted by molar-refractivity contribution is 5.78. The average molecular weight is 426 g/mol. The number of para-hydroxylation sites is 2. The second kappa shape index (κ2) is 10.6. The van der Waals surface area contributed by atoms with E-state index in [1.807, 2.05) is 55.1 Å². The van der Waals surface area contributed by atoms with Gasteiger partial charge >= 0.3 is 0 Å². The van der Waals surface area contributed by atoms with Gasteiger partial charge < -0.3 is 14.4 Å². The van der Waals surface area contributed by atoms with Crippen LogP contribution in [0.4, 0.5) is 0 Å². The summed E-state index contributed by atoms with van der Waals surface area (Å²) in [5.41, 5.74) is 0.976. The first-order valence-electron chi connectivity index (χ1n) is 11.3.